The van der Waals surface area contributed by atoms with Gasteiger partial charge >= 0.3 is 0 Å². The number of carbonyl (C=O) groups is 3. The Labute approximate surface area is 181 Å². The Balaban J connectivity index is 2.30. The third-order valence-corrected chi connectivity index (χ3v) is 5.85. The fourth-order valence-electron chi connectivity index (χ4n) is 3.60. The van der Waals surface area contributed by atoms with Crippen LogP contribution in [0, 0.1) is 5.92 Å². The van der Waals surface area contributed by atoms with E-state index >= 15 is 0 Å². The van der Waals surface area contributed by atoms with Crippen molar-refractivity contribution in [3.8, 4) is 0 Å². The Morgan fingerprint density at radius 1 is 1.20 bits per heavy atom. The molecule has 174 valence electrons. The van der Waals surface area contributed by atoms with E-state index < -0.39 is 5.92 Å². The molecule has 30 heavy (non-hydrogen) atoms. The van der Waals surface area contributed by atoms with Crippen LogP contribution in [0.4, 0.5) is 0 Å². The maximum absolute atomic E-state index is 12.3. The summed E-state index contributed by atoms with van der Waals surface area (Å²) in [6, 6.07) is 0.285. The average molecular weight is 428 g/mol. The molecular formula is C22H41N3O5. The van der Waals surface area contributed by atoms with Gasteiger partial charge < -0.3 is 29.8 Å². The van der Waals surface area contributed by atoms with Gasteiger partial charge in [0.25, 0.3) is 0 Å². The molecule has 0 spiro atoms. The maximum atomic E-state index is 12.3. The van der Waals surface area contributed by atoms with Gasteiger partial charge in [0.05, 0.1) is 30.7 Å². The van der Waals surface area contributed by atoms with E-state index in [4.69, 9.17) is 9.47 Å². The fraction of sp³-hybridized carbons (Fsp3) is 0.864. The lowest BCUT2D eigenvalue weighted by atomic mass is 10.00. The number of Topliss-reactive ketones (excluding diaryl/α,β-unsaturated/α-hetero) is 1. The van der Waals surface area contributed by atoms with Crippen LogP contribution >= 0.6 is 0 Å². The van der Waals surface area contributed by atoms with Gasteiger partial charge in [0, 0.05) is 39.8 Å². The van der Waals surface area contributed by atoms with Gasteiger partial charge in [-0.05, 0) is 39.2 Å². The van der Waals surface area contributed by atoms with Gasteiger partial charge in [0.1, 0.15) is 12.1 Å². The summed E-state index contributed by atoms with van der Waals surface area (Å²) in [4.78, 5) is 36.7. The zero-order valence-electron chi connectivity index (χ0n) is 19.4. The van der Waals surface area contributed by atoms with Gasteiger partial charge in [-0.15, -0.1) is 0 Å². The van der Waals surface area contributed by atoms with Crippen LogP contribution in [-0.4, -0.2) is 87.6 Å². The lowest BCUT2D eigenvalue weighted by molar-refractivity contribution is -0.130. The molecule has 0 saturated carbocycles. The second kappa shape index (κ2) is 13.9. The van der Waals surface area contributed by atoms with Gasteiger partial charge in [-0.3, -0.25) is 9.59 Å². The number of nitrogens with zero attached hydrogens (tertiary/aromatic N) is 1. The predicted molar refractivity (Wildman–Crippen MR) is 116 cm³/mol. The monoisotopic (exact) mass is 427 g/mol. The van der Waals surface area contributed by atoms with Crippen molar-refractivity contribution in [2.45, 2.75) is 70.6 Å². The highest BCUT2D eigenvalue weighted by Crippen LogP contribution is 2.24. The Hall–Kier alpha value is -1.35. The van der Waals surface area contributed by atoms with E-state index in [9.17, 15) is 14.4 Å². The van der Waals surface area contributed by atoms with Gasteiger partial charge in [0.15, 0.2) is 0 Å². The number of aldehydes is 1. The van der Waals surface area contributed by atoms with E-state index in [0.717, 1.165) is 25.8 Å². The molecule has 1 fully saturated rings. The van der Waals surface area contributed by atoms with Crippen molar-refractivity contribution in [3.63, 3.8) is 0 Å². The van der Waals surface area contributed by atoms with E-state index in [1.165, 1.54) is 0 Å². The SMILES string of the molecule is COC(CCCNCC1(OC)CCN(C(=O)CNC(C)C)C1)CCC(=O)C(C)C=O. The molecule has 0 radical (unpaired) electrons. The summed E-state index contributed by atoms with van der Waals surface area (Å²) >= 11 is 0. The molecule has 8 heteroatoms. The highest BCUT2D eigenvalue weighted by atomic mass is 16.5. The van der Waals surface area contributed by atoms with Crippen molar-refractivity contribution in [2.75, 3.05) is 46.9 Å². The molecular weight excluding hydrogens is 386 g/mol. The number of ether oxygens (including phenoxy) is 2. The van der Waals surface area contributed by atoms with Crippen molar-refractivity contribution in [2.24, 2.45) is 5.92 Å². The first kappa shape index (κ1) is 26.7. The maximum Gasteiger partial charge on any atom is 0.236 e. The summed E-state index contributed by atoms with van der Waals surface area (Å²) in [5.74, 6) is -0.450. The van der Waals surface area contributed by atoms with Crippen LogP contribution in [0.15, 0.2) is 0 Å². The molecule has 1 aliphatic heterocycles. The van der Waals surface area contributed by atoms with Crippen molar-refractivity contribution in [1.29, 1.82) is 0 Å². The van der Waals surface area contributed by atoms with Crippen molar-refractivity contribution >= 4 is 18.0 Å². The van der Waals surface area contributed by atoms with Crippen LogP contribution < -0.4 is 10.6 Å². The van der Waals surface area contributed by atoms with Gasteiger partial charge in [-0.2, -0.15) is 0 Å². The summed E-state index contributed by atoms with van der Waals surface area (Å²) in [5.41, 5.74) is -0.342. The topological polar surface area (TPSA) is 97.0 Å². The molecule has 1 rings (SSSR count). The molecule has 0 aliphatic carbocycles. The summed E-state index contributed by atoms with van der Waals surface area (Å²) in [6.07, 6.45) is 4.29. The van der Waals surface area contributed by atoms with E-state index in [2.05, 4.69) is 10.6 Å². The predicted octanol–water partition coefficient (Wildman–Crippen LogP) is 1.17. The molecule has 0 aromatic carbocycles. The quantitative estimate of drug-likeness (QED) is 0.217. The first-order chi connectivity index (χ1) is 14.3. The average Bonchev–Trinajstić information content (AvgIpc) is 3.18. The van der Waals surface area contributed by atoms with Crippen molar-refractivity contribution < 1.29 is 23.9 Å². The van der Waals surface area contributed by atoms with Crippen LogP contribution in [-0.2, 0) is 23.9 Å². The number of amides is 1. The molecule has 0 bridgehead atoms. The minimum atomic E-state index is -0.534. The van der Waals surface area contributed by atoms with Gasteiger partial charge in [-0.25, -0.2) is 0 Å². The number of ketones is 1. The summed E-state index contributed by atoms with van der Waals surface area (Å²) in [5, 5.41) is 6.63. The number of hydrogen-bond acceptors (Lipinski definition) is 7. The van der Waals surface area contributed by atoms with Crippen LogP contribution in [0.25, 0.3) is 0 Å². The molecule has 1 heterocycles. The largest absolute Gasteiger partial charge is 0.381 e. The minimum Gasteiger partial charge on any atom is -0.381 e. The molecule has 1 aliphatic rings. The first-order valence-electron chi connectivity index (χ1n) is 11.0. The number of hydrogen-bond donors (Lipinski definition) is 2. The third kappa shape index (κ3) is 9.20. The molecule has 0 aromatic heterocycles. The van der Waals surface area contributed by atoms with Crippen LogP contribution in [0.3, 0.4) is 0 Å². The highest BCUT2D eigenvalue weighted by Gasteiger charge is 2.39. The Kier molecular flexibility index (Phi) is 12.3. The molecule has 1 amide bonds. The Bertz CT molecular complexity index is 543. The van der Waals surface area contributed by atoms with E-state index in [0.29, 0.717) is 45.3 Å². The minimum absolute atomic E-state index is 0.0130. The molecule has 1 saturated heterocycles. The second-order valence-corrected chi connectivity index (χ2v) is 8.59. The van der Waals surface area contributed by atoms with Crippen molar-refractivity contribution in [1.82, 2.24) is 15.5 Å². The lowest BCUT2D eigenvalue weighted by Gasteiger charge is -2.28. The van der Waals surface area contributed by atoms with E-state index in [1.807, 2.05) is 18.7 Å². The number of nitrogens with one attached hydrogen (secondary N) is 2. The first-order valence-corrected chi connectivity index (χ1v) is 11.0. The molecule has 2 N–H and O–H groups in total. The molecule has 0 aromatic rings. The van der Waals surface area contributed by atoms with Crippen LogP contribution in [0.5, 0.6) is 0 Å². The van der Waals surface area contributed by atoms with Crippen LogP contribution in [0.2, 0.25) is 0 Å². The van der Waals surface area contributed by atoms with Gasteiger partial charge in [-0.1, -0.05) is 13.8 Å². The normalized spacial score (nSPS) is 21.1. The Morgan fingerprint density at radius 3 is 2.53 bits per heavy atom. The number of carbonyl (C=O) groups excluding carboxylic acids is 3. The smallest absolute Gasteiger partial charge is 0.236 e. The summed E-state index contributed by atoms with van der Waals surface area (Å²) < 4.78 is 11.3. The van der Waals surface area contributed by atoms with Gasteiger partial charge in [0.2, 0.25) is 5.91 Å². The standard InChI is InChI=1S/C22H41N3O5/c1-17(2)24-13-21(28)25-12-10-22(16-25,30-5)15-23-11-6-7-19(29-4)8-9-20(27)18(3)14-26/h14,17-19,23-24H,6-13,15-16H2,1-5H3. The zero-order valence-corrected chi connectivity index (χ0v) is 19.4. The summed E-state index contributed by atoms with van der Waals surface area (Å²) in [6.45, 7) is 8.86. The van der Waals surface area contributed by atoms with Crippen LogP contribution in [0.1, 0.15) is 52.9 Å². The number of rotatable bonds is 16. The summed E-state index contributed by atoms with van der Waals surface area (Å²) in [7, 11) is 3.37. The fourth-order valence-corrected chi connectivity index (χ4v) is 3.60. The number of methoxy groups -OCH3 is 2. The third-order valence-electron chi connectivity index (χ3n) is 5.85. The lowest BCUT2D eigenvalue weighted by Crippen LogP contribution is -2.47. The molecule has 8 nitrogen and oxygen atoms in total. The Morgan fingerprint density at radius 2 is 1.93 bits per heavy atom. The molecule has 3 unspecified atom stereocenters. The number of likely N-dealkylation sites (tertiary alicyclic amines) is 1. The second-order valence-electron chi connectivity index (χ2n) is 8.59. The highest BCUT2D eigenvalue weighted by molar-refractivity contribution is 5.92. The zero-order chi connectivity index (χ0) is 22.6. The van der Waals surface area contributed by atoms with Crippen molar-refractivity contribution in [3.05, 3.63) is 0 Å². The van der Waals surface area contributed by atoms with E-state index in [1.54, 1.807) is 21.1 Å². The van der Waals surface area contributed by atoms with E-state index in [-0.39, 0.29) is 29.4 Å². The molecule has 3 atom stereocenters.